The van der Waals surface area contributed by atoms with Gasteiger partial charge in [0.15, 0.2) is 0 Å². The second-order valence-electron chi connectivity index (χ2n) is 14.8. The molecule has 0 N–H and O–H groups in total. The summed E-state index contributed by atoms with van der Waals surface area (Å²) in [6.45, 7) is 4.79. The SMILES string of the molecule is CC1(C)c2cc3c4ccccc4c4ccccc4c3cc2-c2cc3c4cnccc4n(-c4cccc(-c5cccc(-c6ccccc6)c5)c4)c3cc21. The quantitative estimate of drug-likeness (QED) is 0.172. The van der Waals surface area contributed by atoms with Crippen LogP contribution in [0.15, 0.2) is 170 Å². The van der Waals surface area contributed by atoms with Crippen LogP contribution < -0.4 is 0 Å². The van der Waals surface area contributed by atoms with Gasteiger partial charge in [0.2, 0.25) is 0 Å². The van der Waals surface area contributed by atoms with Crippen molar-refractivity contribution in [3.05, 3.63) is 181 Å². The number of benzene rings is 8. The van der Waals surface area contributed by atoms with Gasteiger partial charge in [0, 0.05) is 34.3 Å². The summed E-state index contributed by atoms with van der Waals surface area (Å²) in [6, 6.07) is 58.3. The minimum absolute atomic E-state index is 0.181. The summed E-state index contributed by atoms with van der Waals surface area (Å²) >= 11 is 0. The molecular formula is C50H34N2. The Hall–Kier alpha value is -6.51. The van der Waals surface area contributed by atoms with E-state index in [1.165, 1.54) is 93.1 Å². The Labute approximate surface area is 302 Å². The fraction of sp³-hybridized carbons (Fsp3) is 0.0600. The van der Waals surface area contributed by atoms with E-state index in [4.69, 9.17) is 0 Å². The van der Waals surface area contributed by atoms with Crippen LogP contribution in [0.1, 0.15) is 25.0 Å². The van der Waals surface area contributed by atoms with Gasteiger partial charge in [-0.2, -0.15) is 0 Å². The molecule has 0 aliphatic heterocycles. The standard InChI is InChI=1S/C50H34N2/c1-50(2)46-28-41-39-21-9-7-19-37(39)36-18-6-8-20-38(36)40(41)26-42(46)43-27-44-45-30-51-23-22-48(45)52(49(44)29-47(43)50)35-17-11-16-34(25-35)33-15-10-14-32(24-33)31-12-4-3-5-13-31/h3-30H,1-2H3. The molecule has 2 heterocycles. The van der Waals surface area contributed by atoms with E-state index in [1.54, 1.807) is 0 Å². The molecule has 1 aliphatic rings. The van der Waals surface area contributed by atoms with Gasteiger partial charge in [-0.25, -0.2) is 0 Å². The fourth-order valence-electron chi connectivity index (χ4n) is 9.10. The fourth-order valence-corrected chi connectivity index (χ4v) is 9.10. The van der Waals surface area contributed by atoms with Gasteiger partial charge >= 0.3 is 0 Å². The van der Waals surface area contributed by atoms with Crippen molar-refractivity contribution in [1.82, 2.24) is 9.55 Å². The predicted octanol–water partition coefficient (Wildman–Crippen LogP) is 13.3. The molecule has 8 aromatic carbocycles. The lowest BCUT2D eigenvalue weighted by Crippen LogP contribution is -2.15. The largest absolute Gasteiger partial charge is 0.309 e. The third-order valence-electron chi connectivity index (χ3n) is 11.6. The lowest BCUT2D eigenvalue weighted by Gasteiger charge is -2.23. The van der Waals surface area contributed by atoms with Crippen molar-refractivity contribution in [3.63, 3.8) is 0 Å². The molecule has 10 aromatic rings. The highest BCUT2D eigenvalue weighted by Gasteiger charge is 2.37. The molecule has 0 unspecified atom stereocenters. The van der Waals surface area contributed by atoms with E-state index < -0.39 is 0 Å². The van der Waals surface area contributed by atoms with Crippen LogP contribution >= 0.6 is 0 Å². The Morgan fingerprint density at radius 2 is 0.942 bits per heavy atom. The Balaban J connectivity index is 1.14. The van der Waals surface area contributed by atoms with E-state index in [1.807, 2.05) is 12.4 Å². The topological polar surface area (TPSA) is 17.8 Å². The van der Waals surface area contributed by atoms with Crippen LogP contribution in [0.4, 0.5) is 0 Å². The third kappa shape index (κ3) is 4.09. The molecule has 0 radical (unpaired) electrons. The summed E-state index contributed by atoms with van der Waals surface area (Å²) in [6.07, 6.45) is 3.95. The van der Waals surface area contributed by atoms with Crippen LogP contribution in [0.25, 0.3) is 93.2 Å². The molecule has 0 amide bonds. The first-order valence-electron chi connectivity index (χ1n) is 18.1. The van der Waals surface area contributed by atoms with Crippen LogP contribution in [0.2, 0.25) is 0 Å². The third-order valence-corrected chi connectivity index (χ3v) is 11.6. The number of fused-ring (bicyclic) bond motifs is 12. The number of hydrogen-bond acceptors (Lipinski definition) is 1. The molecule has 0 bridgehead atoms. The summed E-state index contributed by atoms with van der Waals surface area (Å²) in [5, 5.41) is 10.3. The highest BCUT2D eigenvalue weighted by Crippen LogP contribution is 2.53. The van der Waals surface area contributed by atoms with Crippen molar-refractivity contribution in [1.29, 1.82) is 0 Å². The molecule has 2 aromatic heterocycles. The lowest BCUT2D eigenvalue weighted by molar-refractivity contribution is 0.662. The predicted molar refractivity (Wildman–Crippen MR) is 220 cm³/mol. The highest BCUT2D eigenvalue weighted by molar-refractivity contribution is 6.26. The number of rotatable bonds is 3. The van der Waals surface area contributed by atoms with Crippen LogP contribution in [-0.2, 0) is 5.41 Å². The maximum Gasteiger partial charge on any atom is 0.0571 e. The van der Waals surface area contributed by atoms with E-state index in [0.717, 1.165) is 11.2 Å². The normalized spacial score (nSPS) is 13.3. The second-order valence-corrected chi connectivity index (χ2v) is 14.8. The van der Waals surface area contributed by atoms with Crippen molar-refractivity contribution in [2.24, 2.45) is 0 Å². The summed E-state index contributed by atoms with van der Waals surface area (Å²) < 4.78 is 2.44. The molecule has 0 saturated carbocycles. The van der Waals surface area contributed by atoms with E-state index in [-0.39, 0.29) is 5.41 Å². The Kier molecular flexibility index (Phi) is 6.04. The van der Waals surface area contributed by atoms with E-state index >= 15 is 0 Å². The molecule has 0 fully saturated rings. The zero-order valence-electron chi connectivity index (χ0n) is 29.1. The molecular weight excluding hydrogens is 629 g/mol. The first-order valence-corrected chi connectivity index (χ1v) is 18.1. The summed E-state index contributed by atoms with van der Waals surface area (Å²) in [4.78, 5) is 4.63. The highest BCUT2D eigenvalue weighted by atomic mass is 15.0. The number of hydrogen-bond donors (Lipinski definition) is 0. The van der Waals surface area contributed by atoms with Gasteiger partial charge in [0.1, 0.15) is 0 Å². The van der Waals surface area contributed by atoms with Gasteiger partial charge in [0.25, 0.3) is 0 Å². The maximum absolute atomic E-state index is 4.63. The smallest absolute Gasteiger partial charge is 0.0571 e. The van der Waals surface area contributed by atoms with E-state index in [0.29, 0.717) is 0 Å². The molecule has 0 saturated heterocycles. The van der Waals surface area contributed by atoms with Gasteiger partial charge in [-0.3, -0.25) is 4.98 Å². The Morgan fingerprint density at radius 1 is 0.404 bits per heavy atom. The second kappa shape index (κ2) is 10.7. The Morgan fingerprint density at radius 3 is 1.65 bits per heavy atom. The zero-order valence-corrected chi connectivity index (χ0v) is 29.1. The maximum atomic E-state index is 4.63. The number of pyridine rings is 1. The minimum atomic E-state index is -0.181. The van der Waals surface area contributed by atoms with Gasteiger partial charge < -0.3 is 4.57 Å². The molecule has 2 nitrogen and oxygen atoms in total. The summed E-state index contributed by atoms with van der Waals surface area (Å²) in [7, 11) is 0. The van der Waals surface area contributed by atoms with Gasteiger partial charge in [0.05, 0.1) is 11.0 Å². The molecule has 2 heteroatoms. The van der Waals surface area contributed by atoms with Crippen molar-refractivity contribution in [3.8, 4) is 39.1 Å². The number of aromatic nitrogens is 2. The average Bonchev–Trinajstić information content (AvgIpc) is 3.64. The van der Waals surface area contributed by atoms with Gasteiger partial charge in [-0.05, 0) is 125 Å². The molecule has 52 heavy (non-hydrogen) atoms. The van der Waals surface area contributed by atoms with Crippen molar-refractivity contribution < 1.29 is 0 Å². The van der Waals surface area contributed by atoms with Gasteiger partial charge in [-0.1, -0.05) is 123 Å². The van der Waals surface area contributed by atoms with Crippen LogP contribution in [0.5, 0.6) is 0 Å². The first kappa shape index (κ1) is 29.2. The Bertz CT molecular complexity index is 3090. The van der Waals surface area contributed by atoms with Crippen LogP contribution in [0.3, 0.4) is 0 Å². The molecule has 1 aliphatic carbocycles. The van der Waals surface area contributed by atoms with Gasteiger partial charge in [-0.15, -0.1) is 0 Å². The minimum Gasteiger partial charge on any atom is -0.309 e. The molecule has 0 spiro atoms. The molecule has 244 valence electrons. The van der Waals surface area contributed by atoms with E-state index in [2.05, 4.69) is 181 Å². The van der Waals surface area contributed by atoms with Crippen LogP contribution in [-0.4, -0.2) is 9.55 Å². The monoisotopic (exact) mass is 662 g/mol. The summed E-state index contributed by atoms with van der Waals surface area (Å²) in [5.41, 5.74) is 13.6. The van der Waals surface area contributed by atoms with E-state index in [9.17, 15) is 0 Å². The van der Waals surface area contributed by atoms with Crippen molar-refractivity contribution >= 4 is 54.1 Å². The zero-order chi connectivity index (χ0) is 34.6. The first-order chi connectivity index (χ1) is 25.5. The van der Waals surface area contributed by atoms with Crippen LogP contribution in [0, 0.1) is 0 Å². The van der Waals surface area contributed by atoms with Crippen molar-refractivity contribution in [2.45, 2.75) is 19.3 Å². The number of nitrogens with zero attached hydrogens (tertiary/aromatic N) is 2. The molecule has 11 rings (SSSR count). The van der Waals surface area contributed by atoms with Crippen molar-refractivity contribution in [2.75, 3.05) is 0 Å². The average molecular weight is 663 g/mol. The lowest BCUT2D eigenvalue weighted by atomic mass is 9.81. The molecule has 0 atom stereocenters. The summed E-state index contributed by atoms with van der Waals surface area (Å²) in [5.74, 6) is 0.